The van der Waals surface area contributed by atoms with E-state index in [1.807, 2.05) is 36.4 Å². The van der Waals surface area contributed by atoms with E-state index in [1.54, 1.807) is 25.6 Å². The minimum Gasteiger partial charge on any atom is -0.493 e. The van der Waals surface area contributed by atoms with E-state index in [9.17, 15) is 4.79 Å². The first kappa shape index (κ1) is 19.5. The standard InChI is InChI=1S/C21H23N3O4S/c1-26-17-5-3-4-15(19(17)27-2)13-22-20(25)14-6-7-16-18(12-14)29-21(23-16)24-8-10-28-11-9-24/h3-7,12H,8-11,13H2,1-2H3,(H,22,25). The Kier molecular flexibility index (Phi) is 5.82. The van der Waals surface area contributed by atoms with Crippen molar-refractivity contribution in [2.45, 2.75) is 6.54 Å². The third-order valence-electron chi connectivity index (χ3n) is 4.84. The summed E-state index contributed by atoms with van der Waals surface area (Å²) in [5.41, 5.74) is 2.37. The Bertz CT molecular complexity index is 1010. The number of amides is 1. The molecule has 2 heterocycles. The number of morpholine rings is 1. The lowest BCUT2D eigenvalue weighted by molar-refractivity contribution is 0.0950. The number of hydrogen-bond donors (Lipinski definition) is 1. The molecule has 0 spiro atoms. The van der Waals surface area contributed by atoms with E-state index < -0.39 is 0 Å². The maximum Gasteiger partial charge on any atom is 0.251 e. The molecule has 152 valence electrons. The first-order valence-electron chi connectivity index (χ1n) is 9.41. The molecule has 1 fully saturated rings. The van der Waals surface area contributed by atoms with Gasteiger partial charge in [0.1, 0.15) is 0 Å². The van der Waals surface area contributed by atoms with Gasteiger partial charge in [0, 0.05) is 30.8 Å². The van der Waals surface area contributed by atoms with E-state index in [0.29, 0.717) is 23.6 Å². The second-order valence-corrected chi connectivity index (χ2v) is 7.62. The summed E-state index contributed by atoms with van der Waals surface area (Å²) in [7, 11) is 3.18. The van der Waals surface area contributed by atoms with Gasteiger partial charge in [0.15, 0.2) is 16.6 Å². The van der Waals surface area contributed by atoms with E-state index in [2.05, 4.69) is 10.2 Å². The lowest BCUT2D eigenvalue weighted by Crippen LogP contribution is -2.36. The molecule has 0 aliphatic carbocycles. The van der Waals surface area contributed by atoms with Gasteiger partial charge in [-0.15, -0.1) is 0 Å². The van der Waals surface area contributed by atoms with E-state index in [1.165, 1.54) is 0 Å². The Balaban J connectivity index is 1.49. The third-order valence-corrected chi connectivity index (χ3v) is 5.92. The number of nitrogens with one attached hydrogen (secondary N) is 1. The van der Waals surface area contributed by atoms with Crippen LogP contribution in [0.4, 0.5) is 5.13 Å². The Morgan fingerprint density at radius 3 is 2.79 bits per heavy atom. The van der Waals surface area contributed by atoms with E-state index in [-0.39, 0.29) is 5.91 Å². The van der Waals surface area contributed by atoms with Gasteiger partial charge in [0.25, 0.3) is 5.91 Å². The van der Waals surface area contributed by atoms with Gasteiger partial charge in [-0.1, -0.05) is 23.5 Å². The molecule has 3 aromatic rings. The molecule has 1 aliphatic heterocycles. The molecule has 1 N–H and O–H groups in total. The number of para-hydroxylation sites is 1. The molecular formula is C21H23N3O4S. The Morgan fingerprint density at radius 1 is 1.21 bits per heavy atom. The maximum absolute atomic E-state index is 12.7. The molecule has 0 radical (unpaired) electrons. The van der Waals surface area contributed by atoms with Crippen LogP contribution in [-0.2, 0) is 11.3 Å². The summed E-state index contributed by atoms with van der Waals surface area (Å²) in [6, 6.07) is 11.2. The van der Waals surface area contributed by atoms with Crippen LogP contribution in [0.1, 0.15) is 15.9 Å². The van der Waals surface area contributed by atoms with Crippen LogP contribution in [0.2, 0.25) is 0 Å². The van der Waals surface area contributed by atoms with E-state index in [4.69, 9.17) is 19.2 Å². The van der Waals surface area contributed by atoms with Crippen LogP contribution in [0.25, 0.3) is 10.2 Å². The second kappa shape index (κ2) is 8.67. The maximum atomic E-state index is 12.7. The van der Waals surface area contributed by atoms with Crippen LogP contribution in [0.3, 0.4) is 0 Å². The topological polar surface area (TPSA) is 72.9 Å². The fraction of sp³-hybridized carbons (Fsp3) is 0.333. The lowest BCUT2D eigenvalue weighted by atomic mass is 10.1. The van der Waals surface area contributed by atoms with Gasteiger partial charge in [-0.2, -0.15) is 0 Å². The quantitative estimate of drug-likeness (QED) is 0.670. The van der Waals surface area contributed by atoms with Crippen LogP contribution in [-0.4, -0.2) is 51.4 Å². The Morgan fingerprint density at radius 2 is 2.03 bits per heavy atom. The van der Waals surface area contributed by atoms with Crippen molar-refractivity contribution >= 4 is 32.6 Å². The molecule has 1 aromatic heterocycles. The summed E-state index contributed by atoms with van der Waals surface area (Å²) in [6.07, 6.45) is 0. The molecule has 0 saturated carbocycles. The molecule has 0 atom stereocenters. The monoisotopic (exact) mass is 413 g/mol. The van der Waals surface area contributed by atoms with Crippen LogP contribution in [0.15, 0.2) is 36.4 Å². The zero-order valence-electron chi connectivity index (χ0n) is 16.4. The van der Waals surface area contributed by atoms with E-state index >= 15 is 0 Å². The van der Waals surface area contributed by atoms with Crippen molar-refractivity contribution in [1.29, 1.82) is 0 Å². The predicted octanol–water partition coefficient (Wildman–Crippen LogP) is 3.08. The molecule has 1 amide bonds. The highest BCUT2D eigenvalue weighted by Crippen LogP contribution is 2.31. The highest BCUT2D eigenvalue weighted by Gasteiger charge is 2.17. The highest BCUT2D eigenvalue weighted by atomic mass is 32.1. The number of thiazole rings is 1. The first-order valence-corrected chi connectivity index (χ1v) is 10.2. The molecule has 1 aliphatic rings. The van der Waals surface area contributed by atoms with Gasteiger partial charge < -0.3 is 24.4 Å². The third kappa shape index (κ3) is 4.13. The van der Waals surface area contributed by atoms with Crippen molar-refractivity contribution in [3.8, 4) is 11.5 Å². The molecule has 8 heteroatoms. The van der Waals surface area contributed by atoms with Crippen molar-refractivity contribution in [1.82, 2.24) is 10.3 Å². The normalized spacial score (nSPS) is 14.1. The SMILES string of the molecule is COc1cccc(CNC(=O)c2ccc3nc(N4CCOCC4)sc3c2)c1OC. The van der Waals surface area contributed by atoms with Crippen molar-refractivity contribution < 1.29 is 19.0 Å². The summed E-state index contributed by atoms with van der Waals surface area (Å²) < 4.78 is 17.1. The number of methoxy groups -OCH3 is 2. The molecule has 29 heavy (non-hydrogen) atoms. The van der Waals surface area contributed by atoms with Crippen molar-refractivity contribution in [2.75, 3.05) is 45.4 Å². The van der Waals surface area contributed by atoms with Crippen LogP contribution < -0.4 is 19.7 Å². The molecule has 2 aromatic carbocycles. The minimum absolute atomic E-state index is 0.141. The van der Waals surface area contributed by atoms with Gasteiger partial charge in [-0.3, -0.25) is 4.79 Å². The predicted molar refractivity (Wildman–Crippen MR) is 113 cm³/mol. The number of carbonyl (C=O) groups excluding carboxylic acids is 1. The van der Waals surface area contributed by atoms with Crippen LogP contribution in [0.5, 0.6) is 11.5 Å². The molecule has 0 unspecified atom stereocenters. The second-order valence-electron chi connectivity index (χ2n) is 6.61. The van der Waals surface area contributed by atoms with Crippen LogP contribution in [0, 0.1) is 0 Å². The minimum atomic E-state index is -0.141. The highest BCUT2D eigenvalue weighted by molar-refractivity contribution is 7.22. The van der Waals surface area contributed by atoms with Gasteiger partial charge in [-0.05, 0) is 24.3 Å². The van der Waals surface area contributed by atoms with Gasteiger partial charge in [-0.25, -0.2) is 4.98 Å². The first-order chi connectivity index (χ1) is 14.2. The number of carbonyl (C=O) groups is 1. The number of rotatable bonds is 6. The van der Waals surface area contributed by atoms with E-state index in [0.717, 1.165) is 47.2 Å². The van der Waals surface area contributed by atoms with Crippen molar-refractivity contribution in [3.05, 3.63) is 47.5 Å². The average Bonchev–Trinajstić information content (AvgIpc) is 3.21. The number of nitrogens with zero attached hydrogens (tertiary/aromatic N) is 2. The fourth-order valence-corrected chi connectivity index (χ4v) is 4.37. The van der Waals surface area contributed by atoms with Gasteiger partial charge in [0.05, 0.1) is 37.6 Å². The number of ether oxygens (including phenoxy) is 3. The van der Waals surface area contributed by atoms with Gasteiger partial charge >= 0.3 is 0 Å². The Hall–Kier alpha value is -2.84. The smallest absolute Gasteiger partial charge is 0.251 e. The number of benzene rings is 2. The van der Waals surface area contributed by atoms with Crippen molar-refractivity contribution in [3.63, 3.8) is 0 Å². The van der Waals surface area contributed by atoms with Crippen molar-refractivity contribution in [2.24, 2.45) is 0 Å². The summed E-state index contributed by atoms with van der Waals surface area (Å²) in [5.74, 6) is 1.13. The summed E-state index contributed by atoms with van der Waals surface area (Å²) in [4.78, 5) is 19.6. The fourth-order valence-electron chi connectivity index (χ4n) is 3.31. The number of aromatic nitrogens is 1. The lowest BCUT2D eigenvalue weighted by Gasteiger charge is -2.25. The number of fused-ring (bicyclic) bond motifs is 1. The molecular weight excluding hydrogens is 390 g/mol. The average molecular weight is 413 g/mol. The zero-order chi connectivity index (χ0) is 20.2. The zero-order valence-corrected chi connectivity index (χ0v) is 17.3. The molecule has 7 nitrogen and oxygen atoms in total. The summed E-state index contributed by atoms with van der Waals surface area (Å²) in [5, 5.41) is 3.93. The van der Waals surface area contributed by atoms with Crippen LogP contribution >= 0.6 is 11.3 Å². The molecule has 0 bridgehead atoms. The molecule has 1 saturated heterocycles. The number of hydrogen-bond acceptors (Lipinski definition) is 7. The Labute approximate surface area is 173 Å². The largest absolute Gasteiger partial charge is 0.493 e. The summed E-state index contributed by atoms with van der Waals surface area (Å²) in [6.45, 7) is 3.47. The number of anilines is 1. The van der Waals surface area contributed by atoms with Gasteiger partial charge in [0.2, 0.25) is 0 Å². The molecule has 4 rings (SSSR count). The summed E-state index contributed by atoms with van der Waals surface area (Å²) >= 11 is 1.60.